The van der Waals surface area contributed by atoms with E-state index in [0.29, 0.717) is 0 Å². The van der Waals surface area contributed by atoms with Gasteiger partial charge in [-0.1, -0.05) is 0 Å². The van der Waals surface area contributed by atoms with Gasteiger partial charge in [0.15, 0.2) is 6.10 Å². The molecular weight excluding hydrogens is 84.0 g/mol. The van der Waals surface area contributed by atoms with Crippen molar-refractivity contribution in [3.8, 4) is 0 Å². The van der Waals surface area contributed by atoms with Gasteiger partial charge in [-0.3, -0.25) is 0 Å². The van der Waals surface area contributed by atoms with Gasteiger partial charge in [-0.05, 0) is 6.92 Å². The Labute approximate surface area is 35.2 Å². The van der Waals surface area contributed by atoms with Gasteiger partial charge in [0.05, 0.1) is 0 Å². The number of hydrogen-bond donors (Lipinski definition) is 1. The Hall–Kier alpha value is -0.570. The van der Waals surface area contributed by atoms with Gasteiger partial charge in [-0.2, -0.15) is 0 Å². The van der Waals surface area contributed by atoms with Crippen LogP contribution in [0.5, 0.6) is 0 Å². The van der Waals surface area contributed by atoms with Gasteiger partial charge in [0.25, 0.3) is 0 Å². The van der Waals surface area contributed by atoms with Gasteiger partial charge in [-0.25, -0.2) is 9.90 Å². The molecule has 1 radical (unpaired) electrons. The molecule has 3 heteroatoms. The van der Waals surface area contributed by atoms with Crippen molar-refractivity contribution < 1.29 is 15.0 Å². The van der Waals surface area contributed by atoms with E-state index in [0.717, 1.165) is 6.92 Å². The van der Waals surface area contributed by atoms with Crippen molar-refractivity contribution in [2.75, 3.05) is 0 Å². The third-order valence-electron chi connectivity index (χ3n) is 0.341. The summed E-state index contributed by atoms with van der Waals surface area (Å²) in [6.07, 6.45) is -1.34. The Morgan fingerprint density at radius 3 is 2.00 bits per heavy atom. The van der Waals surface area contributed by atoms with Gasteiger partial charge < -0.3 is 5.11 Å². The van der Waals surface area contributed by atoms with Crippen molar-refractivity contribution in [2.24, 2.45) is 0 Å². The fourth-order valence-corrected chi connectivity index (χ4v) is 0. The monoisotopic (exact) mass is 89.0 g/mol. The molecule has 0 saturated carbocycles. The quantitative estimate of drug-likeness (QED) is 0.463. The van der Waals surface area contributed by atoms with E-state index in [-0.39, 0.29) is 0 Å². The maximum atomic E-state index is 9.34. The van der Waals surface area contributed by atoms with E-state index < -0.39 is 12.1 Å². The lowest BCUT2D eigenvalue weighted by molar-refractivity contribution is -0.152. The fourth-order valence-electron chi connectivity index (χ4n) is 0. The fraction of sp³-hybridized carbons (Fsp3) is 0.667. The lowest BCUT2D eigenvalue weighted by atomic mass is 10.4. The Morgan fingerprint density at radius 2 is 2.00 bits per heavy atom. The molecule has 0 aromatic heterocycles. The molecule has 0 aliphatic heterocycles. The summed E-state index contributed by atoms with van der Waals surface area (Å²) in [6, 6.07) is 0. The highest BCUT2D eigenvalue weighted by molar-refractivity contribution is 5.70. The second kappa shape index (κ2) is 1.77. The molecule has 0 aliphatic rings. The number of carbonyl (C=O) groups is 1. The van der Waals surface area contributed by atoms with Gasteiger partial charge in [0.2, 0.25) is 0 Å². The first-order valence-electron chi connectivity index (χ1n) is 1.53. The first-order valence-corrected chi connectivity index (χ1v) is 1.53. The minimum atomic E-state index is -1.44. The molecule has 1 N–H and O–H groups in total. The highest BCUT2D eigenvalue weighted by atomic mass is 16.4. The van der Waals surface area contributed by atoms with Crippen molar-refractivity contribution in [3.05, 3.63) is 0 Å². The zero-order valence-electron chi connectivity index (χ0n) is 3.34. The third-order valence-corrected chi connectivity index (χ3v) is 0.341. The summed E-state index contributed by atoms with van der Waals surface area (Å²) in [5.41, 5.74) is 0. The summed E-state index contributed by atoms with van der Waals surface area (Å²) < 4.78 is 0. The maximum absolute atomic E-state index is 9.34. The number of aliphatic hydroxyl groups is 1. The molecule has 6 heavy (non-hydrogen) atoms. The van der Waals surface area contributed by atoms with Crippen LogP contribution in [0.15, 0.2) is 0 Å². The molecule has 0 unspecified atom stereocenters. The van der Waals surface area contributed by atoms with Crippen LogP contribution in [-0.2, 0) is 9.90 Å². The summed E-state index contributed by atoms with van der Waals surface area (Å²) in [5.74, 6) is -1.44. The van der Waals surface area contributed by atoms with Crippen molar-refractivity contribution >= 4 is 5.97 Å². The normalized spacial score (nSPS) is 13.7. The Kier molecular flexibility index (Phi) is 1.60. The zero-order chi connectivity index (χ0) is 5.15. The number of carbonyl (C=O) groups excluding carboxylic acids is 1. The molecule has 0 aliphatic carbocycles. The average molecular weight is 89.1 g/mol. The van der Waals surface area contributed by atoms with Crippen LogP contribution in [0.4, 0.5) is 0 Å². The predicted molar refractivity (Wildman–Crippen MR) is 17.4 cm³/mol. The van der Waals surface area contributed by atoms with Crippen LogP contribution in [0, 0.1) is 0 Å². The lowest BCUT2D eigenvalue weighted by Gasteiger charge is -1.85. The van der Waals surface area contributed by atoms with E-state index >= 15 is 0 Å². The average Bonchev–Trinajstić information content (AvgIpc) is 1.36. The van der Waals surface area contributed by atoms with Crippen LogP contribution in [0.2, 0.25) is 0 Å². The number of hydrogen-bond acceptors (Lipinski definition) is 2. The molecule has 0 rings (SSSR count). The zero-order valence-corrected chi connectivity index (χ0v) is 3.34. The largest absolute Gasteiger partial charge is 0.383 e. The van der Waals surface area contributed by atoms with Gasteiger partial charge >= 0.3 is 5.97 Å². The third kappa shape index (κ3) is 1.72. The number of rotatable bonds is 1. The SMILES string of the molecule is C[C@@H](O)C([O])=O. The predicted octanol–water partition coefficient (Wildman–Crippen LogP) is -0.676. The molecule has 1 atom stereocenters. The second-order valence-corrected chi connectivity index (χ2v) is 0.995. The van der Waals surface area contributed by atoms with Gasteiger partial charge in [-0.15, -0.1) is 0 Å². The van der Waals surface area contributed by atoms with Gasteiger partial charge in [0.1, 0.15) is 0 Å². The van der Waals surface area contributed by atoms with Crippen LogP contribution in [-0.4, -0.2) is 17.2 Å². The highest BCUT2D eigenvalue weighted by Gasteiger charge is 2.05. The molecule has 0 aromatic rings. The van der Waals surface area contributed by atoms with Crippen LogP contribution >= 0.6 is 0 Å². The van der Waals surface area contributed by atoms with Crippen molar-refractivity contribution in [3.63, 3.8) is 0 Å². The molecule has 0 bridgehead atoms. The van der Waals surface area contributed by atoms with Crippen LogP contribution in [0.25, 0.3) is 0 Å². The Bertz CT molecular complexity index is 57.1. The molecule has 35 valence electrons. The van der Waals surface area contributed by atoms with E-state index in [9.17, 15) is 9.90 Å². The topological polar surface area (TPSA) is 57.2 Å². The Morgan fingerprint density at radius 1 is 1.83 bits per heavy atom. The lowest BCUT2D eigenvalue weighted by Crippen LogP contribution is -2.12. The van der Waals surface area contributed by atoms with Crippen LogP contribution in [0.3, 0.4) is 0 Å². The molecule has 0 amide bonds. The van der Waals surface area contributed by atoms with Crippen molar-refractivity contribution in [1.29, 1.82) is 0 Å². The van der Waals surface area contributed by atoms with Crippen molar-refractivity contribution in [1.82, 2.24) is 0 Å². The van der Waals surface area contributed by atoms with E-state index in [4.69, 9.17) is 5.11 Å². The molecule has 0 heterocycles. The summed E-state index contributed by atoms with van der Waals surface area (Å²) in [4.78, 5) is 9.34. The maximum Gasteiger partial charge on any atom is 0.383 e. The van der Waals surface area contributed by atoms with E-state index in [1.807, 2.05) is 0 Å². The minimum Gasteiger partial charge on any atom is -0.382 e. The van der Waals surface area contributed by atoms with Crippen molar-refractivity contribution in [2.45, 2.75) is 13.0 Å². The van der Waals surface area contributed by atoms with Gasteiger partial charge in [0, 0.05) is 0 Å². The van der Waals surface area contributed by atoms with E-state index in [1.54, 1.807) is 0 Å². The molecule has 0 fully saturated rings. The Balaban J connectivity index is 3.26. The van der Waals surface area contributed by atoms with Crippen LogP contribution in [0.1, 0.15) is 6.92 Å². The summed E-state index contributed by atoms with van der Waals surface area (Å²) in [6.45, 7) is 1.13. The smallest absolute Gasteiger partial charge is 0.382 e. The van der Waals surface area contributed by atoms with E-state index in [1.165, 1.54) is 0 Å². The van der Waals surface area contributed by atoms with E-state index in [2.05, 4.69) is 0 Å². The second-order valence-electron chi connectivity index (χ2n) is 0.995. The molecule has 3 nitrogen and oxygen atoms in total. The summed E-state index contributed by atoms with van der Waals surface area (Å²) >= 11 is 0. The summed E-state index contributed by atoms with van der Waals surface area (Å²) in [5, 5.41) is 17.3. The molecule has 0 spiro atoms. The standard InChI is InChI=1S/C3H5O3/c1-2(4)3(5)6/h2,4H,1H3/t2-/m1/s1. The first kappa shape index (κ1) is 5.43. The number of aliphatic hydroxyl groups excluding tert-OH is 1. The summed E-state index contributed by atoms with van der Waals surface area (Å²) in [7, 11) is 0. The minimum absolute atomic E-state index is 1.13. The molecular formula is C3H5O3. The highest BCUT2D eigenvalue weighted by Crippen LogP contribution is 1.74. The molecule has 0 saturated heterocycles. The van der Waals surface area contributed by atoms with Crippen LogP contribution < -0.4 is 0 Å². The first-order chi connectivity index (χ1) is 2.64. The molecule has 0 aromatic carbocycles.